The largest absolute Gasteiger partial charge is 0.489 e. The first-order valence-corrected chi connectivity index (χ1v) is 10.6. The highest BCUT2D eigenvalue weighted by atomic mass is 32.2. The summed E-state index contributed by atoms with van der Waals surface area (Å²) in [5, 5.41) is 10.8. The Hall–Kier alpha value is -3.91. The number of thioether (sulfide) groups is 1. The number of nitro benzene ring substituents is 1. The third kappa shape index (κ3) is 4.87. The molecule has 0 radical (unpaired) electrons. The van der Waals surface area contributed by atoms with E-state index in [9.17, 15) is 19.7 Å². The predicted octanol–water partition coefficient (Wildman–Crippen LogP) is 5.41. The van der Waals surface area contributed by atoms with Gasteiger partial charge < -0.3 is 4.74 Å². The van der Waals surface area contributed by atoms with Crippen LogP contribution < -0.4 is 4.74 Å². The van der Waals surface area contributed by atoms with E-state index < -0.39 is 16.1 Å². The lowest BCUT2D eigenvalue weighted by atomic mass is 10.1. The molecule has 0 saturated carbocycles. The normalized spacial score (nSPS) is 14.8. The summed E-state index contributed by atoms with van der Waals surface area (Å²) in [5.74, 6) is 0.162. The molecule has 8 heteroatoms. The highest BCUT2D eigenvalue weighted by Gasteiger charge is 2.36. The molecule has 32 heavy (non-hydrogen) atoms. The number of benzene rings is 3. The predicted molar refractivity (Wildman–Crippen MR) is 122 cm³/mol. The topological polar surface area (TPSA) is 89.8 Å². The van der Waals surface area contributed by atoms with Crippen LogP contribution in [0.15, 0.2) is 83.8 Å². The number of imide groups is 1. The SMILES string of the molecule is O=C1SC(=Cc2cccc(OCc3ccccc3)c2)C(=O)N1Cc1ccccc1[N+](=O)[O-]. The van der Waals surface area contributed by atoms with Gasteiger partial charge in [0.2, 0.25) is 0 Å². The lowest BCUT2D eigenvalue weighted by Crippen LogP contribution is -2.27. The van der Waals surface area contributed by atoms with Crippen molar-refractivity contribution >= 4 is 34.7 Å². The lowest BCUT2D eigenvalue weighted by Gasteiger charge is -2.12. The number of rotatable bonds is 7. The molecule has 0 unspecified atom stereocenters. The number of amides is 2. The van der Waals surface area contributed by atoms with E-state index in [2.05, 4.69) is 0 Å². The van der Waals surface area contributed by atoms with Crippen LogP contribution in [0.5, 0.6) is 5.75 Å². The molecule has 0 atom stereocenters. The van der Waals surface area contributed by atoms with Gasteiger partial charge in [-0.1, -0.05) is 60.7 Å². The number of hydrogen-bond donors (Lipinski definition) is 0. The van der Waals surface area contributed by atoms with E-state index in [-0.39, 0.29) is 17.1 Å². The number of nitrogens with zero attached hydrogens (tertiary/aromatic N) is 2. The number of para-hydroxylation sites is 1. The Kier molecular flexibility index (Phi) is 6.32. The second-order valence-corrected chi connectivity index (χ2v) is 7.99. The van der Waals surface area contributed by atoms with E-state index >= 15 is 0 Å². The van der Waals surface area contributed by atoms with Crippen molar-refractivity contribution in [2.45, 2.75) is 13.2 Å². The van der Waals surface area contributed by atoms with Gasteiger partial charge in [0.05, 0.1) is 16.4 Å². The van der Waals surface area contributed by atoms with Crippen molar-refractivity contribution < 1.29 is 19.2 Å². The first kappa shape index (κ1) is 21.3. The van der Waals surface area contributed by atoms with E-state index in [4.69, 9.17) is 4.74 Å². The second-order valence-electron chi connectivity index (χ2n) is 7.00. The summed E-state index contributed by atoms with van der Waals surface area (Å²) in [7, 11) is 0. The molecule has 0 aliphatic carbocycles. The number of carbonyl (C=O) groups is 2. The fraction of sp³-hybridized carbons (Fsp3) is 0.0833. The zero-order valence-corrected chi connectivity index (χ0v) is 17.7. The van der Waals surface area contributed by atoms with Crippen molar-refractivity contribution in [2.75, 3.05) is 0 Å². The van der Waals surface area contributed by atoms with Crippen LogP contribution in [0.2, 0.25) is 0 Å². The van der Waals surface area contributed by atoms with Crippen molar-refractivity contribution in [3.05, 3.63) is 111 Å². The zero-order valence-electron chi connectivity index (χ0n) is 16.8. The van der Waals surface area contributed by atoms with Gasteiger partial charge in [0.1, 0.15) is 12.4 Å². The van der Waals surface area contributed by atoms with E-state index in [1.54, 1.807) is 30.3 Å². The fourth-order valence-corrected chi connectivity index (χ4v) is 4.05. The average molecular weight is 446 g/mol. The van der Waals surface area contributed by atoms with Crippen LogP contribution >= 0.6 is 11.8 Å². The fourth-order valence-electron chi connectivity index (χ4n) is 3.22. The Morgan fingerprint density at radius 1 is 0.969 bits per heavy atom. The Bertz CT molecular complexity index is 1210. The molecule has 0 N–H and O–H groups in total. The standard InChI is InChI=1S/C24H18N2O5S/c27-23-22(32-24(28)25(23)15-19-10-4-5-12-21(19)26(29)30)14-18-9-6-11-20(13-18)31-16-17-7-2-1-3-8-17/h1-14H,15-16H2. The summed E-state index contributed by atoms with van der Waals surface area (Å²) in [6.07, 6.45) is 1.62. The van der Waals surface area contributed by atoms with Crippen molar-refractivity contribution in [3.8, 4) is 5.75 Å². The Morgan fingerprint density at radius 3 is 2.50 bits per heavy atom. The van der Waals surface area contributed by atoms with Gasteiger partial charge in [-0.2, -0.15) is 0 Å². The molecule has 2 amide bonds. The molecule has 1 heterocycles. The molecule has 1 saturated heterocycles. The van der Waals surface area contributed by atoms with Crippen LogP contribution in [-0.4, -0.2) is 21.0 Å². The first-order valence-electron chi connectivity index (χ1n) is 9.76. The number of carbonyl (C=O) groups excluding carboxylic acids is 2. The number of ether oxygens (including phenoxy) is 1. The van der Waals surface area contributed by atoms with Gasteiger partial charge >= 0.3 is 0 Å². The average Bonchev–Trinajstić information content (AvgIpc) is 3.06. The maximum Gasteiger partial charge on any atom is 0.293 e. The van der Waals surface area contributed by atoms with Crippen LogP contribution in [0.4, 0.5) is 10.5 Å². The monoisotopic (exact) mass is 446 g/mol. The molecular formula is C24H18N2O5S. The molecule has 3 aromatic rings. The van der Waals surface area contributed by atoms with Crippen molar-refractivity contribution in [3.63, 3.8) is 0 Å². The summed E-state index contributed by atoms with van der Waals surface area (Å²) in [6.45, 7) is 0.260. The van der Waals surface area contributed by atoms with Crippen LogP contribution in [0.25, 0.3) is 6.08 Å². The highest BCUT2D eigenvalue weighted by Crippen LogP contribution is 2.34. The molecular weight excluding hydrogens is 428 g/mol. The molecule has 0 spiro atoms. The smallest absolute Gasteiger partial charge is 0.293 e. The molecule has 1 aliphatic rings. The minimum atomic E-state index is -0.523. The molecule has 7 nitrogen and oxygen atoms in total. The Labute approximate surface area is 188 Å². The summed E-state index contributed by atoms with van der Waals surface area (Å²) in [6, 6.07) is 23.1. The van der Waals surface area contributed by atoms with Crippen molar-refractivity contribution in [1.82, 2.24) is 4.90 Å². The zero-order chi connectivity index (χ0) is 22.5. The van der Waals surface area contributed by atoms with Gasteiger partial charge in [-0.25, -0.2) is 0 Å². The molecule has 0 aromatic heterocycles. The van der Waals surface area contributed by atoms with Crippen LogP contribution in [0.1, 0.15) is 16.7 Å². The Morgan fingerprint density at radius 2 is 1.72 bits per heavy atom. The second kappa shape index (κ2) is 9.49. The quantitative estimate of drug-likeness (QED) is 0.274. The summed E-state index contributed by atoms with van der Waals surface area (Å²) < 4.78 is 5.82. The van der Waals surface area contributed by atoms with Crippen LogP contribution in [0.3, 0.4) is 0 Å². The van der Waals surface area contributed by atoms with Gasteiger partial charge in [-0.05, 0) is 41.1 Å². The highest BCUT2D eigenvalue weighted by molar-refractivity contribution is 8.18. The van der Waals surface area contributed by atoms with Gasteiger partial charge in [-0.15, -0.1) is 0 Å². The van der Waals surface area contributed by atoms with Gasteiger partial charge in [0, 0.05) is 11.6 Å². The van der Waals surface area contributed by atoms with Crippen molar-refractivity contribution in [2.24, 2.45) is 0 Å². The van der Waals surface area contributed by atoms with Crippen LogP contribution in [0, 0.1) is 10.1 Å². The van der Waals surface area contributed by atoms with E-state index in [0.717, 1.165) is 22.2 Å². The van der Waals surface area contributed by atoms with Crippen molar-refractivity contribution in [1.29, 1.82) is 0 Å². The van der Waals surface area contributed by atoms with Gasteiger partial charge in [0.15, 0.2) is 0 Å². The summed E-state index contributed by atoms with van der Waals surface area (Å²) >= 11 is 0.814. The number of nitro groups is 1. The van der Waals surface area contributed by atoms with E-state index in [1.807, 2.05) is 48.5 Å². The molecule has 1 fully saturated rings. The number of hydrogen-bond acceptors (Lipinski definition) is 6. The minimum Gasteiger partial charge on any atom is -0.489 e. The molecule has 160 valence electrons. The minimum absolute atomic E-state index is 0.126. The van der Waals surface area contributed by atoms with Gasteiger partial charge in [-0.3, -0.25) is 24.6 Å². The maximum absolute atomic E-state index is 12.8. The van der Waals surface area contributed by atoms with Gasteiger partial charge in [0.25, 0.3) is 16.8 Å². The molecule has 0 bridgehead atoms. The summed E-state index contributed by atoms with van der Waals surface area (Å²) in [5.41, 5.74) is 1.93. The first-order chi connectivity index (χ1) is 15.5. The lowest BCUT2D eigenvalue weighted by molar-refractivity contribution is -0.385. The van der Waals surface area contributed by atoms with E-state index in [1.165, 1.54) is 6.07 Å². The Balaban J connectivity index is 1.49. The van der Waals surface area contributed by atoms with Crippen LogP contribution in [-0.2, 0) is 17.9 Å². The van der Waals surface area contributed by atoms with E-state index in [0.29, 0.717) is 23.5 Å². The third-order valence-electron chi connectivity index (χ3n) is 4.79. The maximum atomic E-state index is 12.8. The molecule has 3 aromatic carbocycles. The molecule has 1 aliphatic heterocycles. The summed E-state index contributed by atoms with van der Waals surface area (Å²) in [4.78, 5) is 37.2. The molecule has 4 rings (SSSR count). The third-order valence-corrected chi connectivity index (χ3v) is 5.70.